The largest absolute Gasteiger partial charge is 0.385 e. The Kier molecular flexibility index (Phi) is 7.31. The maximum atomic E-state index is 12.0. The zero-order valence-corrected chi connectivity index (χ0v) is 14.3. The van der Waals surface area contributed by atoms with Crippen LogP contribution in [0.15, 0.2) is 29.8 Å². The number of nitriles is 1. The number of carbonyl (C=O) groups excluding carboxylic acids is 1. The number of rotatable bonds is 7. The molecule has 1 aromatic rings. The molecule has 1 fully saturated rings. The summed E-state index contributed by atoms with van der Waals surface area (Å²) < 4.78 is 4.93. The van der Waals surface area contributed by atoms with Crippen LogP contribution in [0.2, 0.25) is 0 Å². The van der Waals surface area contributed by atoms with Gasteiger partial charge in [0.1, 0.15) is 11.6 Å². The Balaban J connectivity index is 1.97. The van der Waals surface area contributed by atoms with Gasteiger partial charge in [0, 0.05) is 39.0 Å². The van der Waals surface area contributed by atoms with Gasteiger partial charge in [0.25, 0.3) is 5.91 Å². The van der Waals surface area contributed by atoms with E-state index in [1.54, 1.807) is 13.2 Å². The van der Waals surface area contributed by atoms with Gasteiger partial charge < -0.3 is 15.0 Å². The highest BCUT2D eigenvalue weighted by Crippen LogP contribution is 2.21. The number of hydrogen-bond acceptors (Lipinski definition) is 4. The topological polar surface area (TPSA) is 65.4 Å². The summed E-state index contributed by atoms with van der Waals surface area (Å²) >= 11 is 0. The Hall–Kier alpha value is -2.32. The smallest absolute Gasteiger partial charge is 0.261 e. The van der Waals surface area contributed by atoms with E-state index >= 15 is 0 Å². The lowest BCUT2D eigenvalue weighted by Crippen LogP contribution is -2.29. The molecule has 5 heteroatoms. The van der Waals surface area contributed by atoms with Crippen LogP contribution in [0.1, 0.15) is 31.2 Å². The third-order valence-corrected chi connectivity index (χ3v) is 4.10. The van der Waals surface area contributed by atoms with Crippen LogP contribution < -0.4 is 10.2 Å². The number of anilines is 1. The maximum absolute atomic E-state index is 12.0. The lowest BCUT2D eigenvalue weighted by Gasteiger charge is -2.28. The molecule has 0 spiro atoms. The predicted octanol–water partition coefficient (Wildman–Crippen LogP) is 2.74. The Morgan fingerprint density at radius 3 is 2.62 bits per heavy atom. The molecular weight excluding hydrogens is 302 g/mol. The van der Waals surface area contributed by atoms with Crippen molar-refractivity contribution in [2.45, 2.75) is 25.7 Å². The molecule has 5 nitrogen and oxygen atoms in total. The first-order chi connectivity index (χ1) is 11.7. The lowest BCUT2D eigenvalue weighted by atomic mass is 10.1. The summed E-state index contributed by atoms with van der Waals surface area (Å²) in [7, 11) is 1.62. The number of benzene rings is 1. The summed E-state index contributed by atoms with van der Waals surface area (Å²) in [5.41, 5.74) is 2.19. The quantitative estimate of drug-likeness (QED) is 0.475. The Labute approximate surface area is 143 Å². The molecule has 0 aromatic heterocycles. The summed E-state index contributed by atoms with van der Waals surface area (Å²) in [6, 6.07) is 10.0. The van der Waals surface area contributed by atoms with Crippen molar-refractivity contribution in [2.75, 3.05) is 38.3 Å². The van der Waals surface area contributed by atoms with Crippen LogP contribution in [0.5, 0.6) is 0 Å². The predicted molar refractivity (Wildman–Crippen MR) is 95.6 cm³/mol. The minimum atomic E-state index is -0.339. The van der Waals surface area contributed by atoms with Crippen LogP contribution in [-0.4, -0.2) is 39.3 Å². The molecule has 0 atom stereocenters. The molecule has 0 unspecified atom stereocenters. The summed E-state index contributed by atoms with van der Waals surface area (Å²) in [5.74, 6) is -0.339. The summed E-state index contributed by atoms with van der Waals surface area (Å²) in [5, 5.41) is 11.9. The van der Waals surface area contributed by atoms with Gasteiger partial charge in [-0.2, -0.15) is 5.26 Å². The van der Waals surface area contributed by atoms with Gasteiger partial charge in [0.2, 0.25) is 0 Å². The average Bonchev–Trinajstić information content (AvgIpc) is 2.64. The van der Waals surface area contributed by atoms with Crippen molar-refractivity contribution < 1.29 is 9.53 Å². The van der Waals surface area contributed by atoms with Gasteiger partial charge in [-0.3, -0.25) is 4.79 Å². The molecule has 128 valence electrons. The number of piperidine rings is 1. The van der Waals surface area contributed by atoms with E-state index < -0.39 is 0 Å². The second-order valence-electron chi connectivity index (χ2n) is 5.91. The van der Waals surface area contributed by atoms with Crippen LogP contribution in [-0.2, 0) is 9.53 Å². The van der Waals surface area contributed by atoms with E-state index in [-0.39, 0.29) is 11.5 Å². The third kappa shape index (κ3) is 5.39. The van der Waals surface area contributed by atoms with Crippen molar-refractivity contribution in [2.24, 2.45) is 0 Å². The molecular formula is C19H25N3O2. The molecule has 0 aliphatic carbocycles. The highest BCUT2D eigenvalue weighted by Gasteiger charge is 2.11. The average molecular weight is 327 g/mol. The van der Waals surface area contributed by atoms with Gasteiger partial charge in [0.05, 0.1) is 0 Å². The highest BCUT2D eigenvalue weighted by molar-refractivity contribution is 6.01. The van der Waals surface area contributed by atoms with Gasteiger partial charge in [-0.1, -0.05) is 12.1 Å². The molecule has 1 heterocycles. The molecule has 1 aliphatic rings. The van der Waals surface area contributed by atoms with Crippen molar-refractivity contribution in [3.8, 4) is 6.07 Å². The first kappa shape index (κ1) is 18.0. The zero-order valence-electron chi connectivity index (χ0n) is 14.3. The first-order valence-electron chi connectivity index (χ1n) is 8.48. The van der Waals surface area contributed by atoms with Gasteiger partial charge in [0.15, 0.2) is 0 Å². The van der Waals surface area contributed by atoms with Crippen LogP contribution >= 0.6 is 0 Å². The fourth-order valence-electron chi connectivity index (χ4n) is 2.76. The molecule has 2 rings (SSSR count). The number of methoxy groups -OCH3 is 1. The van der Waals surface area contributed by atoms with Crippen molar-refractivity contribution >= 4 is 17.7 Å². The molecule has 0 bridgehead atoms. The fraction of sp³-hybridized carbons (Fsp3) is 0.474. The van der Waals surface area contributed by atoms with Gasteiger partial charge >= 0.3 is 0 Å². The second-order valence-corrected chi connectivity index (χ2v) is 5.91. The molecule has 0 radical (unpaired) electrons. The van der Waals surface area contributed by atoms with E-state index in [2.05, 4.69) is 22.3 Å². The van der Waals surface area contributed by atoms with Gasteiger partial charge in [-0.15, -0.1) is 0 Å². The Morgan fingerprint density at radius 1 is 1.29 bits per heavy atom. The van der Waals surface area contributed by atoms with E-state index in [0.717, 1.165) is 25.1 Å². The maximum Gasteiger partial charge on any atom is 0.261 e. The van der Waals surface area contributed by atoms with Crippen molar-refractivity contribution in [3.63, 3.8) is 0 Å². The fourth-order valence-corrected chi connectivity index (χ4v) is 2.76. The number of hydrogen-bond donors (Lipinski definition) is 1. The molecule has 1 N–H and O–H groups in total. The Morgan fingerprint density at radius 2 is 2.00 bits per heavy atom. The van der Waals surface area contributed by atoms with Crippen LogP contribution in [0.4, 0.5) is 5.69 Å². The number of amides is 1. The van der Waals surface area contributed by atoms with E-state index in [1.165, 1.54) is 24.9 Å². The monoisotopic (exact) mass is 327 g/mol. The van der Waals surface area contributed by atoms with Gasteiger partial charge in [-0.05, 0) is 49.5 Å². The number of carbonyl (C=O) groups is 1. The molecule has 1 saturated heterocycles. The van der Waals surface area contributed by atoms with Crippen molar-refractivity contribution in [1.82, 2.24) is 5.32 Å². The van der Waals surface area contributed by atoms with Crippen LogP contribution in [0.25, 0.3) is 6.08 Å². The van der Waals surface area contributed by atoms with Crippen molar-refractivity contribution in [1.29, 1.82) is 5.26 Å². The first-order valence-corrected chi connectivity index (χ1v) is 8.48. The second kappa shape index (κ2) is 9.74. The van der Waals surface area contributed by atoms with E-state index in [1.807, 2.05) is 18.2 Å². The molecule has 1 aliphatic heterocycles. The van der Waals surface area contributed by atoms with E-state index in [4.69, 9.17) is 4.74 Å². The lowest BCUT2D eigenvalue weighted by molar-refractivity contribution is -0.117. The summed E-state index contributed by atoms with van der Waals surface area (Å²) in [6.45, 7) is 3.29. The summed E-state index contributed by atoms with van der Waals surface area (Å²) in [4.78, 5) is 14.4. The highest BCUT2D eigenvalue weighted by atomic mass is 16.5. The number of nitrogens with one attached hydrogen (secondary N) is 1. The minimum absolute atomic E-state index is 0.123. The Bertz CT molecular complexity index is 596. The normalized spacial score (nSPS) is 15.0. The van der Waals surface area contributed by atoms with Gasteiger partial charge in [-0.25, -0.2) is 0 Å². The number of ether oxygens (including phenoxy) is 1. The zero-order chi connectivity index (χ0) is 17.2. The molecule has 1 aromatic carbocycles. The number of nitrogens with zero attached hydrogens (tertiary/aromatic N) is 2. The SMILES string of the molecule is COCCCNC(=O)/C(C#N)=C\c1ccc(N2CCCCC2)cc1. The molecule has 1 amide bonds. The summed E-state index contributed by atoms with van der Waals surface area (Å²) in [6.07, 6.45) is 6.15. The van der Waals surface area contributed by atoms with Crippen LogP contribution in [0.3, 0.4) is 0 Å². The third-order valence-electron chi connectivity index (χ3n) is 4.10. The van der Waals surface area contributed by atoms with Crippen molar-refractivity contribution in [3.05, 3.63) is 35.4 Å². The van der Waals surface area contributed by atoms with E-state index in [9.17, 15) is 10.1 Å². The standard InChI is InChI=1S/C19H25N3O2/c1-24-13-5-10-21-19(23)17(15-20)14-16-6-8-18(9-7-16)22-11-3-2-4-12-22/h6-9,14H,2-5,10-13H2,1H3,(H,21,23)/b17-14-. The molecule has 24 heavy (non-hydrogen) atoms. The minimum Gasteiger partial charge on any atom is -0.385 e. The van der Waals surface area contributed by atoms with Crippen LogP contribution in [0, 0.1) is 11.3 Å². The van der Waals surface area contributed by atoms with E-state index in [0.29, 0.717) is 13.2 Å². The molecule has 0 saturated carbocycles.